The minimum Gasteiger partial charge on any atom is -0.507 e. The number of H-pyrrole nitrogens is 1. The molecule has 2 aromatic rings. The number of nitrogens with one attached hydrogen (secondary N) is 1. The third-order valence-electron chi connectivity index (χ3n) is 4.40. The predicted molar refractivity (Wildman–Crippen MR) is 87.5 cm³/mol. The van der Waals surface area contributed by atoms with Gasteiger partial charge in [0.2, 0.25) is 0 Å². The average Bonchev–Trinajstić information content (AvgIpc) is 2.56. The lowest BCUT2D eigenvalue weighted by atomic mass is 9.90. The highest BCUT2D eigenvalue weighted by Crippen LogP contribution is 2.24. The highest BCUT2D eigenvalue weighted by Gasteiger charge is 2.25. The second-order valence-electron chi connectivity index (χ2n) is 6.02. The third kappa shape index (κ3) is 3.62. The van der Waals surface area contributed by atoms with Gasteiger partial charge in [0.15, 0.2) is 0 Å². The number of aromatic hydroxyl groups is 1. The number of pyridine rings is 1. The monoisotopic (exact) mass is 312 g/mol. The van der Waals surface area contributed by atoms with Crippen molar-refractivity contribution in [2.24, 2.45) is 5.92 Å². The number of aromatic nitrogens is 1. The molecule has 2 heterocycles. The number of likely N-dealkylation sites (tertiary alicyclic amines) is 1. The van der Waals surface area contributed by atoms with E-state index in [0.717, 1.165) is 25.3 Å². The largest absolute Gasteiger partial charge is 0.507 e. The van der Waals surface area contributed by atoms with Crippen LogP contribution in [0.2, 0.25) is 0 Å². The second kappa shape index (κ2) is 6.69. The van der Waals surface area contributed by atoms with E-state index < -0.39 is 5.56 Å². The summed E-state index contributed by atoms with van der Waals surface area (Å²) in [6.45, 7) is 1.35. The molecule has 0 unspecified atom stereocenters. The summed E-state index contributed by atoms with van der Waals surface area (Å²) < 4.78 is 0. The first-order chi connectivity index (χ1) is 11.1. The summed E-state index contributed by atoms with van der Waals surface area (Å²) in [5.74, 6) is 0.0905. The summed E-state index contributed by atoms with van der Waals surface area (Å²) in [5.41, 5.74) is 1.07. The average molecular weight is 312 g/mol. The second-order valence-corrected chi connectivity index (χ2v) is 6.02. The Bertz CT molecular complexity index is 731. The van der Waals surface area contributed by atoms with Gasteiger partial charge in [-0.25, -0.2) is 0 Å². The number of carbonyl (C=O) groups excluding carboxylic acids is 1. The van der Waals surface area contributed by atoms with Gasteiger partial charge in [-0.1, -0.05) is 30.3 Å². The van der Waals surface area contributed by atoms with E-state index in [4.69, 9.17) is 0 Å². The lowest BCUT2D eigenvalue weighted by Gasteiger charge is -2.32. The smallest absolute Gasteiger partial charge is 0.259 e. The van der Waals surface area contributed by atoms with E-state index in [2.05, 4.69) is 17.1 Å². The molecule has 0 spiro atoms. The van der Waals surface area contributed by atoms with E-state index in [1.807, 2.05) is 18.2 Å². The van der Waals surface area contributed by atoms with Gasteiger partial charge in [0.05, 0.1) is 5.56 Å². The van der Waals surface area contributed by atoms with Crippen LogP contribution in [0.1, 0.15) is 28.8 Å². The van der Waals surface area contributed by atoms with Crippen molar-refractivity contribution in [3.8, 4) is 5.75 Å². The van der Waals surface area contributed by atoms with Crippen LogP contribution in [-0.2, 0) is 6.42 Å². The fraction of sp³-hybridized carbons (Fsp3) is 0.333. The Balaban J connectivity index is 1.60. The molecule has 0 aliphatic carbocycles. The molecule has 1 aliphatic heterocycles. The fourth-order valence-electron chi connectivity index (χ4n) is 3.09. The lowest BCUT2D eigenvalue weighted by Crippen LogP contribution is -2.39. The highest BCUT2D eigenvalue weighted by molar-refractivity contribution is 5.96. The van der Waals surface area contributed by atoms with Crippen molar-refractivity contribution in [3.05, 3.63) is 64.1 Å². The fourth-order valence-corrected chi connectivity index (χ4v) is 3.09. The lowest BCUT2D eigenvalue weighted by molar-refractivity contribution is 0.0687. The molecule has 1 aromatic heterocycles. The summed E-state index contributed by atoms with van der Waals surface area (Å²) >= 11 is 0. The Hall–Kier alpha value is -2.56. The van der Waals surface area contributed by atoms with Gasteiger partial charge in [-0.05, 0) is 30.7 Å². The Labute approximate surface area is 134 Å². The molecule has 3 rings (SSSR count). The molecule has 1 aromatic carbocycles. The van der Waals surface area contributed by atoms with E-state index in [1.165, 1.54) is 11.8 Å². The Kier molecular flexibility index (Phi) is 4.46. The van der Waals surface area contributed by atoms with Gasteiger partial charge >= 0.3 is 0 Å². The number of benzene rings is 1. The standard InChI is InChI=1S/C18H20N2O3/c21-16-11-17(22)19-12-15(16)18(23)20-8-6-14(7-9-20)10-13-4-2-1-3-5-13/h1-5,11-12,14H,6-10H2,(H2,19,21,22). The van der Waals surface area contributed by atoms with Crippen LogP contribution in [0.5, 0.6) is 5.75 Å². The van der Waals surface area contributed by atoms with Gasteiger partial charge in [0.1, 0.15) is 5.75 Å². The molecule has 0 saturated carbocycles. The van der Waals surface area contributed by atoms with Crippen molar-refractivity contribution >= 4 is 5.91 Å². The number of amides is 1. The molecule has 0 radical (unpaired) electrons. The number of piperidine rings is 1. The zero-order valence-corrected chi connectivity index (χ0v) is 12.9. The van der Waals surface area contributed by atoms with Gasteiger partial charge in [-0.3, -0.25) is 9.59 Å². The summed E-state index contributed by atoms with van der Waals surface area (Å²) in [7, 11) is 0. The first kappa shape index (κ1) is 15.3. The van der Waals surface area contributed by atoms with Gasteiger partial charge in [-0.15, -0.1) is 0 Å². The SMILES string of the molecule is O=C(c1c[nH]c(=O)cc1O)N1CCC(Cc2ccccc2)CC1. The molecule has 0 bridgehead atoms. The molecule has 1 amide bonds. The molecule has 120 valence electrons. The summed E-state index contributed by atoms with van der Waals surface area (Å²) in [6.07, 6.45) is 4.22. The van der Waals surface area contributed by atoms with Crippen LogP contribution in [0, 0.1) is 5.92 Å². The van der Waals surface area contributed by atoms with Crippen LogP contribution in [0.4, 0.5) is 0 Å². The number of hydrogen-bond acceptors (Lipinski definition) is 3. The zero-order valence-electron chi connectivity index (χ0n) is 12.9. The Morgan fingerprint density at radius 1 is 1.22 bits per heavy atom. The Morgan fingerprint density at radius 3 is 2.57 bits per heavy atom. The number of rotatable bonds is 3. The van der Waals surface area contributed by atoms with E-state index in [0.29, 0.717) is 19.0 Å². The molecule has 5 heteroatoms. The maximum Gasteiger partial charge on any atom is 0.259 e. The maximum absolute atomic E-state index is 12.4. The van der Waals surface area contributed by atoms with Crippen molar-refractivity contribution in [2.45, 2.75) is 19.3 Å². The minimum absolute atomic E-state index is 0.158. The van der Waals surface area contributed by atoms with E-state index in [1.54, 1.807) is 4.90 Å². The predicted octanol–water partition coefficient (Wildman–Crippen LogP) is 2.18. The van der Waals surface area contributed by atoms with Crippen molar-refractivity contribution in [2.75, 3.05) is 13.1 Å². The summed E-state index contributed by atoms with van der Waals surface area (Å²) in [4.78, 5) is 27.7. The van der Waals surface area contributed by atoms with Gasteiger partial charge in [0, 0.05) is 25.4 Å². The first-order valence-corrected chi connectivity index (χ1v) is 7.88. The summed E-state index contributed by atoms with van der Waals surface area (Å²) in [6, 6.07) is 11.4. The zero-order chi connectivity index (χ0) is 16.2. The highest BCUT2D eigenvalue weighted by atomic mass is 16.3. The van der Waals surface area contributed by atoms with Crippen molar-refractivity contribution < 1.29 is 9.90 Å². The summed E-state index contributed by atoms with van der Waals surface area (Å²) in [5, 5.41) is 9.77. The molecular weight excluding hydrogens is 292 g/mol. The van der Waals surface area contributed by atoms with Crippen LogP contribution in [0.15, 0.2) is 47.4 Å². The number of hydrogen-bond donors (Lipinski definition) is 2. The molecule has 0 atom stereocenters. The molecule has 5 nitrogen and oxygen atoms in total. The van der Waals surface area contributed by atoms with Crippen molar-refractivity contribution in [1.29, 1.82) is 0 Å². The minimum atomic E-state index is -0.416. The molecule has 1 saturated heterocycles. The van der Waals surface area contributed by atoms with E-state index in [9.17, 15) is 14.7 Å². The van der Waals surface area contributed by atoms with Crippen LogP contribution in [0.25, 0.3) is 0 Å². The van der Waals surface area contributed by atoms with Gasteiger partial charge in [0.25, 0.3) is 11.5 Å². The van der Waals surface area contributed by atoms with E-state index in [-0.39, 0.29) is 17.2 Å². The molecule has 23 heavy (non-hydrogen) atoms. The third-order valence-corrected chi connectivity index (χ3v) is 4.40. The van der Waals surface area contributed by atoms with Crippen LogP contribution in [0.3, 0.4) is 0 Å². The number of carbonyl (C=O) groups is 1. The van der Waals surface area contributed by atoms with Crippen molar-refractivity contribution in [1.82, 2.24) is 9.88 Å². The molecule has 1 aliphatic rings. The quantitative estimate of drug-likeness (QED) is 0.912. The first-order valence-electron chi connectivity index (χ1n) is 7.88. The molecule has 2 N–H and O–H groups in total. The van der Waals surface area contributed by atoms with E-state index >= 15 is 0 Å². The van der Waals surface area contributed by atoms with Crippen LogP contribution in [-0.4, -0.2) is 34.0 Å². The van der Waals surface area contributed by atoms with Crippen LogP contribution < -0.4 is 5.56 Å². The van der Waals surface area contributed by atoms with Crippen molar-refractivity contribution in [3.63, 3.8) is 0 Å². The maximum atomic E-state index is 12.4. The molecule has 1 fully saturated rings. The normalized spacial score (nSPS) is 15.6. The van der Waals surface area contributed by atoms with Crippen LogP contribution >= 0.6 is 0 Å². The number of aromatic amines is 1. The Morgan fingerprint density at radius 2 is 1.91 bits per heavy atom. The molecular formula is C18H20N2O3. The topological polar surface area (TPSA) is 73.4 Å². The van der Waals surface area contributed by atoms with Gasteiger partial charge < -0.3 is 15.0 Å². The van der Waals surface area contributed by atoms with Gasteiger partial charge in [-0.2, -0.15) is 0 Å². The number of nitrogens with zero attached hydrogens (tertiary/aromatic N) is 1.